The maximum absolute atomic E-state index is 11.6. The van der Waals surface area contributed by atoms with E-state index in [2.05, 4.69) is 40.1 Å². The summed E-state index contributed by atoms with van der Waals surface area (Å²) in [7, 11) is 1.34. The first-order chi connectivity index (χ1) is 12.2. The molecule has 0 bridgehead atoms. The van der Waals surface area contributed by atoms with Crippen LogP contribution in [-0.4, -0.2) is 23.0 Å². The van der Waals surface area contributed by atoms with Crippen LogP contribution in [0, 0.1) is 0 Å². The molecule has 3 rings (SSSR count). The number of rotatable bonds is 6. The fourth-order valence-corrected chi connectivity index (χ4v) is 2.54. The number of nitrogens with zero attached hydrogens (tertiary/aromatic N) is 1. The summed E-state index contributed by atoms with van der Waals surface area (Å²) in [5.41, 5.74) is 4.33. The van der Waals surface area contributed by atoms with Crippen LogP contribution < -0.4 is 5.32 Å². The number of nitrogens with one attached hydrogen (secondary N) is 2. The van der Waals surface area contributed by atoms with E-state index in [9.17, 15) is 4.79 Å². The molecule has 5 nitrogen and oxygen atoms in total. The maximum Gasteiger partial charge on any atom is 0.337 e. The Balaban J connectivity index is 1.74. The third-order valence-electron chi connectivity index (χ3n) is 3.84. The van der Waals surface area contributed by atoms with Crippen molar-refractivity contribution in [2.75, 3.05) is 12.4 Å². The van der Waals surface area contributed by atoms with E-state index < -0.39 is 5.97 Å². The molecule has 0 aliphatic carbocycles. The minimum absolute atomic E-state index is 0.388. The average Bonchev–Trinajstić information content (AvgIpc) is 3.12. The largest absolute Gasteiger partial charge is 0.465 e. The van der Waals surface area contributed by atoms with E-state index in [-0.39, 0.29) is 0 Å². The standard InChI is InChI=1S/C20H19N3O2/c1-3-16(20(24)25-2)8-15-9-18(13-21-11-15)23-12-14-4-5-17-6-7-22-19(17)10-14/h3-11,13,22-23H,1,12H2,2H3. The summed E-state index contributed by atoms with van der Waals surface area (Å²) in [6.45, 7) is 4.31. The van der Waals surface area contributed by atoms with Crippen LogP contribution in [0.15, 0.2) is 67.2 Å². The first kappa shape index (κ1) is 16.5. The van der Waals surface area contributed by atoms with Crippen LogP contribution in [0.1, 0.15) is 11.1 Å². The fraction of sp³-hybridized carbons (Fsp3) is 0.100. The van der Waals surface area contributed by atoms with Gasteiger partial charge in [-0.15, -0.1) is 0 Å². The molecule has 126 valence electrons. The van der Waals surface area contributed by atoms with Gasteiger partial charge >= 0.3 is 5.97 Å². The highest BCUT2D eigenvalue weighted by Gasteiger charge is 2.06. The van der Waals surface area contributed by atoms with Crippen molar-refractivity contribution >= 4 is 28.6 Å². The molecule has 5 heteroatoms. The minimum atomic E-state index is -0.424. The minimum Gasteiger partial charge on any atom is -0.465 e. The third kappa shape index (κ3) is 3.95. The summed E-state index contributed by atoms with van der Waals surface area (Å²) in [6, 6.07) is 10.3. The zero-order chi connectivity index (χ0) is 17.6. The highest BCUT2D eigenvalue weighted by molar-refractivity contribution is 5.96. The number of carbonyl (C=O) groups excluding carboxylic acids is 1. The van der Waals surface area contributed by atoms with E-state index in [1.165, 1.54) is 18.6 Å². The Labute approximate surface area is 146 Å². The summed E-state index contributed by atoms with van der Waals surface area (Å²) in [4.78, 5) is 19.0. The van der Waals surface area contributed by atoms with Gasteiger partial charge in [-0.25, -0.2) is 4.79 Å². The summed E-state index contributed by atoms with van der Waals surface area (Å²) in [5.74, 6) is -0.424. The number of hydrogen-bond acceptors (Lipinski definition) is 4. The van der Waals surface area contributed by atoms with Crippen LogP contribution in [-0.2, 0) is 16.1 Å². The monoisotopic (exact) mass is 333 g/mol. The lowest BCUT2D eigenvalue weighted by atomic mass is 10.1. The number of fused-ring (bicyclic) bond motifs is 1. The number of methoxy groups -OCH3 is 1. The number of carbonyl (C=O) groups is 1. The van der Waals surface area contributed by atoms with Crippen molar-refractivity contribution in [3.8, 4) is 0 Å². The molecule has 0 unspecified atom stereocenters. The summed E-state index contributed by atoms with van der Waals surface area (Å²) >= 11 is 0. The topological polar surface area (TPSA) is 67.0 Å². The van der Waals surface area contributed by atoms with Crippen LogP contribution in [0.4, 0.5) is 5.69 Å². The second kappa shape index (κ2) is 7.49. The summed E-state index contributed by atoms with van der Waals surface area (Å²) < 4.78 is 4.72. The van der Waals surface area contributed by atoms with Crippen molar-refractivity contribution in [3.63, 3.8) is 0 Å². The number of hydrogen-bond donors (Lipinski definition) is 2. The van der Waals surface area contributed by atoms with Gasteiger partial charge in [-0.1, -0.05) is 24.8 Å². The van der Waals surface area contributed by atoms with Crippen molar-refractivity contribution in [1.29, 1.82) is 0 Å². The van der Waals surface area contributed by atoms with E-state index in [0.717, 1.165) is 22.3 Å². The quantitative estimate of drug-likeness (QED) is 0.408. The molecule has 25 heavy (non-hydrogen) atoms. The van der Waals surface area contributed by atoms with Crippen LogP contribution in [0.3, 0.4) is 0 Å². The van der Waals surface area contributed by atoms with E-state index in [1.807, 2.05) is 18.3 Å². The van der Waals surface area contributed by atoms with Gasteiger partial charge in [0.05, 0.1) is 18.4 Å². The lowest BCUT2D eigenvalue weighted by molar-refractivity contribution is -0.135. The fourth-order valence-electron chi connectivity index (χ4n) is 2.54. The SMILES string of the molecule is C=CC(=Cc1cncc(NCc2ccc3cc[nH]c3c2)c1)C(=O)OC. The number of pyridine rings is 1. The van der Waals surface area contributed by atoms with E-state index >= 15 is 0 Å². The van der Waals surface area contributed by atoms with Crippen molar-refractivity contribution in [2.45, 2.75) is 6.54 Å². The highest BCUT2D eigenvalue weighted by atomic mass is 16.5. The number of esters is 1. The Morgan fingerprint density at radius 1 is 1.32 bits per heavy atom. The molecule has 0 atom stereocenters. The van der Waals surface area contributed by atoms with Gasteiger partial charge in [-0.3, -0.25) is 4.98 Å². The Morgan fingerprint density at radius 2 is 2.20 bits per heavy atom. The van der Waals surface area contributed by atoms with Crippen molar-refractivity contribution in [2.24, 2.45) is 0 Å². The molecule has 0 saturated carbocycles. The van der Waals surface area contributed by atoms with Crippen molar-refractivity contribution < 1.29 is 9.53 Å². The van der Waals surface area contributed by atoms with Crippen LogP contribution >= 0.6 is 0 Å². The van der Waals surface area contributed by atoms with Crippen LogP contribution in [0.5, 0.6) is 0 Å². The molecule has 0 aliphatic heterocycles. The van der Waals surface area contributed by atoms with Gasteiger partial charge in [0, 0.05) is 30.7 Å². The molecular formula is C20H19N3O2. The van der Waals surface area contributed by atoms with E-state index in [4.69, 9.17) is 4.74 Å². The normalized spacial score (nSPS) is 11.3. The summed E-state index contributed by atoms with van der Waals surface area (Å²) in [5, 5.41) is 4.54. The molecule has 2 aromatic heterocycles. The Kier molecular flexibility index (Phi) is 4.95. The molecule has 2 N–H and O–H groups in total. The number of anilines is 1. The van der Waals surface area contributed by atoms with Crippen molar-refractivity contribution in [3.05, 3.63) is 78.3 Å². The van der Waals surface area contributed by atoms with Gasteiger partial charge in [0.2, 0.25) is 0 Å². The van der Waals surface area contributed by atoms with Gasteiger partial charge in [0.15, 0.2) is 0 Å². The van der Waals surface area contributed by atoms with Gasteiger partial charge < -0.3 is 15.0 Å². The van der Waals surface area contributed by atoms with Gasteiger partial charge in [0.1, 0.15) is 0 Å². The molecule has 0 fully saturated rings. The second-order valence-electron chi connectivity index (χ2n) is 5.56. The number of ether oxygens (including phenoxy) is 1. The molecular weight excluding hydrogens is 314 g/mol. The third-order valence-corrected chi connectivity index (χ3v) is 3.84. The first-order valence-corrected chi connectivity index (χ1v) is 7.87. The lowest BCUT2D eigenvalue weighted by Crippen LogP contribution is -2.02. The van der Waals surface area contributed by atoms with Crippen molar-refractivity contribution in [1.82, 2.24) is 9.97 Å². The zero-order valence-electron chi connectivity index (χ0n) is 14.0. The van der Waals surface area contributed by atoms with E-state index in [0.29, 0.717) is 12.1 Å². The van der Waals surface area contributed by atoms with Gasteiger partial charge in [0.25, 0.3) is 0 Å². The molecule has 0 spiro atoms. The molecule has 0 radical (unpaired) electrons. The zero-order valence-corrected chi connectivity index (χ0v) is 14.0. The summed E-state index contributed by atoms with van der Waals surface area (Å²) in [6.07, 6.45) is 8.53. The molecule has 0 amide bonds. The predicted molar refractivity (Wildman–Crippen MR) is 100 cm³/mol. The van der Waals surface area contributed by atoms with Gasteiger partial charge in [-0.05, 0) is 40.8 Å². The molecule has 0 aliphatic rings. The van der Waals surface area contributed by atoms with Gasteiger partial charge in [-0.2, -0.15) is 0 Å². The lowest BCUT2D eigenvalue weighted by Gasteiger charge is -2.07. The number of aromatic amines is 1. The molecule has 1 aromatic carbocycles. The van der Waals surface area contributed by atoms with Crippen LogP contribution in [0.25, 0.3) is 17.0 Å². The average molecular weight is 333 g/mol. The smallest absolute Gasteiger partial charge is 0.337 e. The number of aromatic nitrogens is 2. The molecule has 0 saturated heterocycles. The van der Waals surface area contributed by atoms with E-state index in [1.54, 1.807) is 18.5 Å². The Hall–Kier alpha value is -3.34. The second-order valence-corrected chi connectivity index (χ2v) is 5.56. The Bertz CT molecular complexity index is 941. The number of H-pyrrole nitrogens is 1. The first-order valence-electron chi connectivity index (χ1n) is 7.87. The number of benzene rings is 1. The Morgan fingerprint density at radius 3 is 3.00 bits per heavy atom. The maximum atomic E-state index is 11.6. The molecule has 3 aromatic rings. The van der Waals surface area contributed by atoms with Crippen LogP contribution in [0.2, 0.25) is 0 Å². The predicted octanol–water partition coefficient (Wildman–Crippen LogP) is 3.92. The molecule has 2 heterocycles. The highest BCUT2D eigenvalue weighted by Crippen LogP contribution is 2.17.